The zero-order chi connectivity index (χ0) is 12.6. The van der Waals surface area contributed by atoms with Crippen LogP contribution in [0.4, 0.5) is 4.79 Å². The number of carbonyl (C=O) groups is 1. The monoisotopic (exact) mass is 253 g/mol. The summed E-state index contributed by atoms with van der Waals surface area (Å²) < 4.78 is 0. The second-order valence-electron chi connectivity index (χ2n) is 5.02. The molecule has 0 aromatic carbocycles. The van der Waals surface area contributed by atoms with Crippen LogP contribution in [0.25, 0.3) is 0 Å². The molecule has 0 radical (unpaired) electrons. The van der Waals surface area contributed by atoms with Crippen LogP contribution in [0.2, 0.25) is 0 Å². The van der Waals surface area contributed by atoms with Crippen molar-refractivity contribution in [3.05, 3.63) is 15.6 Å². The minimum Gasteiger partial charge on any atom is -0.327 e. The fraction of sp³-hybridized carbons (Fsp3) is 0.667. The number of amides is 2. The molecule has 1 aromatic rings. The SMILES string of the molecule is Cc1nc2c(s1)CN(C(=O)N(C)CC(C)C)C2. The fourth-order valence-corrected chi connectivity index (χ4v) is 3.13. The van der Waals surface area contributed by atoms with E-state index in [-0.39, 0.29) is 6.03 Å². The van der Waals surface area contributed by atoms with Crippen LogP contribution in [0.1, 0.15) is 29.4 Å². The number of carbonyl (C=O) groups excluding carboxylic acids is 1. The molecule has 0 aliphatic carbocycles. The molecular formula is C12H19N3OS. The quantitative estimate of drug-likeness (QED) is 0.812. The normalized spacial score (nSPS) is 14.3. The lowest BCUT2D eigenvalue weighted by molar-refractivity contribution is 0.158. The summed E-state index contributed by atoms with van der Waals surface area (Å²) in [5, 5.41) is 1.10. The lowest BCUT2D eigenvalue weighted by Crippen LogP contribution is -2.39. The molecule has 2 heterocycles. The average molecular weight is 253 g/mol. The molecule has 1 aromatic heterocycles. The Bertz CT molecular complexity index is 404. The number of urea groups is 1. The molecule has 0 atom stereocenters. The summed E-state index contributed by atoms with van der Waals surface area (Å²) in [6.07, 6.45) is 0. The molecule has 0 fully saturated rings. The van der Waals surface area contributed by atoms with Crippen molar-refractivity contribution in [2.24, 2.45) is 5.92 Å². The number of rotatable bonds is 2. The standard InChI is InChI=1S/C12H19N3OS/c1-8(2)5-14(4)12(16)15-6-10-11(7-15)17-9(3)13-10/h8H,5-7H2,1-4H3. The van der Waals surface area contributed by atoms with Gasteiger partial charge in [-0.1, -0.05) is 13.8 Å². The molecule has 1 aliphatic rings. The smallest absolute Gasteiger partial charge is 0.320 e. The van der Waals surface area contributed by atoms with Crippen LogP contribution >= 0.6 is 11.3 Å². The molecule has 0 unspecified atom stereocenters. The number of hydrogen-bond acceptors (Lipinski definition) is 3. The van der Waals surface area contributed by atoms with E-state index >= 15 is 0 Å². The highest BCUT2D eigenvalue weighted by molar-refractivity contribution is 7.11. The zero-order valence-corrected chi connectivity index (χ0v) is 11.7. The van der Waals surface area contributed by atoms with Gasteiger partial charge in [-0.3, -0.25) is 0 Å². The Kier molecular flexibility index (Phi) is 3.38. The number of nitrogens with zero attached hydrogens (tertiary/aromatic N) is 3. The molecule has 1 aliphatic heterocycles. The van der Waals surface area contributed by atoms with Gasteiger partial charge in [0.15, 0.2) is 0 Å². The van der Waals surface area contributed by atoms with Gasteiger partial charge in [0.25, 0.3) is 0 Å². The highest BCUT2D eigenvalue weighted by atomic mass is 32.1. The third-order valence-corrected chi connectivity index (χ3v) is 3.79. The van der Waals surface area contributed by atoms with Gasteiger partial charge in [0.05, 0.1) is 23.8 Å². The predicted octanol–water partition coefficient (Wildman–Crippen LogP) is 2.47. The van der Waals surface area contributed by atoms with Crippen molar-refractivity contribution in [3.63, 3.8) is 0 Å². The van der Waals surface area contributed by atoms with Gasteiger partial charge >= 0.3 is 6.03 Å². The van der Waals surface area contributed by atoms with Crippen LogP contribution in [0.3, 0.4) is 0 Å². The van der Waals surface area contributed by atoms with Crippen LogP contribution in [-0.2, 0) is 13.1 Å². The number of aryl methyl sites for hydroxylation is 1. The maximum absolute atomic E-state index is 12.2. The van der Waals surface area contributed by atoms with Gasteiger partial charge in [0.2, 0.25) is 0 Å². The van der Waals surface area contributed by atoms with Crippen LogP contribution in [-0.4, -0.2) is 34.4 Å². The first kappa shape index (κ1) is 12.4. The van der Waals surface area contributed by atoms with Crippen molar-refractivity contribution in [3.8, 4) is 0 Å². The van der Waals surface area contributed by atoms with Gasteiger partial charge in [-0.2, -0.15) is 0 Å². The van der Waals surface area contributed by atoms with E-state index in [4.69, 9.17) is 0 Å². The molecule has 2 amide bonds. The van der Waals surface area contributed by atoms with E-state index in [1.165, 1.54) is 4.88 Å². The Morgan fingerprint density at radius 3 is 2.82 bits per heavy atom. The number of hydrogen-bond donors (Lipinski definition) is 0. The van der Waals surface area contributed by atoms with Crippen molar-refractivity contribution in [2.45, 2.75) is 33.9 Å². The van der Waals surface area contributed by atoms with Gasteiger partial charge in [0.1, 0.15) is 0 Å². The average Bonchev–Trinajstić information content (AvgIpc) is 2.72. The molecule has 94 valence electrons. The first-order valence-electron chi connectivity index (χ1n) is 5.92. The fourth-order valence-electron chi connectivity index (χ4n) is 2.17. The Labute approximate surface area is 106 Å². The first-order valence-corrected chi connectivity index (χ1v) is 6.74. The van der Waals surface area contributed by atoms with Crippen LogP contribution in [0, 0.1) is 12.8 Å². The summed E-state index contributed by atoms with van der Waals surface area (Å²) in [4.78, 5) is 21.5. The molecule has 0 N–H and O–H groups in total. The molecule has 0 saturated carbocycles. The Hall–Kier alpha value is -1.10. The summed E-state index contributed by atoms with van der Waals surface area (Å²) in [6.45, 7) is 8.45. The highest BCUT2D eigenvalue weighted by Gasteiger charge is 2.28. The van der Waals surface area contributed by atoms with Crippen LogP contribution < -0.4 is 0 Å². The lowest BCUT2D eigenvalue weighted by Gasteiger charge is -2.25. The molecule has 2 rings (SSSR count). The van der Waals surface area contributed by atoms with E-state index in [0.29, 0.717) is 12.5 Å². The van der Waals surface area contributed by atoms with Crippen LogP contribution in [0.5, 0.6) is 0 Å². The molecule has 0 saturated heterocycles. The van der Waals surface area contributed by atoms with Gasteiger partial charge < -0.3 is 9.80 Å². The van der Waals surface area contributed by atoms with Crippen molar-refractivity contribution in [1.29, 1.82) is 0 Å². The second-order valence-corrected chi connectivity index (χ2v) is 6.30. The highest BCUT2D eigenvalue weighted by Crippen LogP contribution is 2.28. The van der Waals surface area contributed by atoms with E-state index in [1.807, 2.05) is 18.9 Å². The topological polar surface area (TPSA) is 36.4 Å². The molecule has 5 heteroatoms. The summed E-state index contributed by atoms with van der Waals surface area (Å²) >= 11 is 1.70. The van der Waals surface area contributed by atoms with E-state index in [2.05, 4.69) is 18.8 Å². The predicted molar refractivity (Wildman–Crippen MR) is 69.0 cm³/mol. The maximum Gasteiger partial charge on any atom is 0.320 e. The molecule has 0 spiro atoms. The maximum atomic E-state index is 12.2. The van der Waals surface area contributed by atoms with E-state index in [9.17, 15) is 4.79 Å². The van der Waals surface area contributed by atoms with Crippen LogP contribution in [0.15, 0.2) is 0 Å². The summed E-state index contributed by atoms with van der Waals surface area (Å²) in [5.74, 6) is 0.501. The molecule has 17 heavy (non-hydrogen) atoms. The first-order chi connectivity index (χ1) is 7.97. The number of thiazole rings is 1. The summed E-state index contributed by atoms with van der Waals surface area (Å²) in [6, 6.07) is 0.113. The zero-order valence-electron chi connectivity index (χ0n) is 10.9. The Morgan fingerprint density at radius 1 is 1.53 bits per heavy atom. The molecular weight excluding hydrogens is 234 g/mol. The van der Waals surface area contributed by atoms with Crippen molar-refractivity contribution in [1.82, 2.24) is 14.8 Å². The Morgan fingerprint density at radius 2 is 2.24 bits per heavy atom. The van der Waals surface area contributed by atoms with Gasteiger partial charge in [-0.15, -0.1) is 11.3 Å². The molecule has 0 bridgehead atoms. The molecule has 4 nitrogen and oxygen atoms in total. The van der Waals surface area contributed by atoms with E-state index in [0.717, 1.165) is 23.8 Å². The second kappa shape index (κ2) is 4.64. The number of aromatic nitrogens is 1. The van der Waals surface area contributed by atoms with Gasteiger partial charge in [0, 0.05) is 18.5 Å². The van der Waals surface area contributed by atoms with E-state index < -0.39 is 0 Å². The summed E-state index contributed by atoms with van der Waals surface area (Å²) in [7, 11) is 1.87. The number of fused-ring (bicyclic) bond motifs is 1. The van der Waals surface area contributed by atoms with Crippen molar-refractivity contribution in [2.75, 3.05) is 13.6 Å². The Balaban J connectivity index is 1.98. The summed E-state index contributed by atoms with van der Waals surface area (Å²) in [5.41, 5.74) is 1.08. The van der Waals surface area contributed by atoms with Gasteiger partial charge in [-0.05, 0) is 12.8 Å². The largest absolute Gasteiger partial charge is 0.327 e. The van der Waals surface area contributed by atoms with Gasteiger partial charge in [-0.25, -0.2) is 9.78 Å². The minimum absolute atomic E-state index is 0.113. The van der Waals surface area contributed by atoms with Crippen molar-refractivity contribution < 1.29 is 4.79 Å². The third kappa shape index (κ3) is 2.60. The van der Waals surface area contributed by atoms with E-state index in [1.54, 1.807) is 16.2 Å². The lowest BCUT2D eigenvalue weighted by atomic mass is 10.2. The minimum atomic E-state index is 0.113. The third-order valence-electron chi connectivity index (χ3n) is 2.80. The van der Waals surface area contributed by atoms with Crippen molar-refractivity contribution >= 4 is 17.4 Å².